The van der Waals surface area contributed by atoms with Gasteiger partial charge in [0.05, 0.1) is 11.5 Å². The number of aryl methyl sites for hydroxylation is 1. The number of carbonyl (C=O) groups is 2. The monoisotopic (exact) mass is 267 g/mol. The lowest BCUT2D eigenvalue weighted by atomic mass is 10.1. The van der Waals surface area contributed by atoms with Gasteiger partial charge in [0.1, 0.15) is 11.7 Å². The normalized spacial score (nSPS) is 11.7. The zero-order chi connectivity index (χ0) is 14.6. The fourth-order valence-corrected chi connectivity index (χ4v) is 1.38. The van der Waals surface area contributed by atoms with Crippen LogP contribution in [0.2, 0.25) is 0 Å². The smallest absolute Gasteiger partial charge is 0.282 e. The van der Waals surface area contributed by atoms with E-state index in [9.17, 15) is 19.7 Å². The van der Waals surface area contributed by atoms with Crippen LogP contribution in [-0.4, -0.2) is 34.5 Å². The van der Waals surface area contributed by atoms with Crippen molar-refractivity contribution >= 4 is 17.5 Å². The summed E-state index contributed by atoms with van der Waals surface area (Å²) in [6.07, 6.45) is -1.53. The fourth-order valence-electron chi connectivity index (χ4n) is 1.38. The van der Waals surface area contributed by atoms with E-state index < -0.39 is 29.4 Å². The van der Waals surface area contributed by atoms with Crippen molar-refractivity contribution < 1.29 is 19.6 Å². The van der Waals surface area contributed by atoms with Crippen LogP contribution >= 0.6 is 0 Å². The number of nitro groups is 1. The van der Waals surface area contributed by atoms with Gasteiger partial charge in [-0.3, -0.25) is 19.7 Å². The summed E-state index contributed by atoms with van der Waals surface area (Å²) in [7, 11) is 0. The van der Waals surface area contributed by atoms with Crippen LogP contribution in [0.1, 0.15) is 15.9 Å². The van der Waals surface area contributed by atoms with Crippen LogP contribution in [0.3, 0.4) is 0 Å². The molecule has 0 fully saturated rings. The van der Waals surface area contributed by atoms with E-state index in [2.05, 4.69) is 5.32 Å². The van der Waals surface area contributed by atoms with Crippen LogP contribution in [0.25, 0.3) is 0 Å². The number of hydrogen-bond donors (Lipinski definition) is 3. The van der Waals surface area contributed by atoms with Crippen molar-refractivity contribution in [2.24, 2.45) is 5.73 Å². The Hall–Kier alpha value is -2.48. The number of nitro benzene ring substituents is 1. The van der Waals surface area contributed by atoms with E-state index in [-0.39, 0.29) is 11.3 Å². The molecule has 0 radical (unpaired) electrons. The molecule has 0 saturated heterocycles. The van der Waals surface area contributed by atoms with Gasteiger partial charge in [0.25, 0.3) is 11.6 Å². The summed E-state index contributed by atoms with van der Waals surface area (Å²) in [5.74, 6) is -1.74. The predicted octanol–water partition coefficient (Wildman–Crippen LogP) is -0.521. The molecule has 0 spiro atoms. The first kappa shape index (κ1) is 14.6. The molecule has 8 nitrogen and oxygen atoms in total. The highest BCUT2D eigenvalue weighted by Crippen LogP contribution is 2.19. The molecule has 0 aliphatic carbocycles. The van der Waals surface area contributed by atoms with Gasteiger partial charge < -0.3 is 16.2 Å². The number of rotatable bonds is 5. The third-order valence-electron chi connectivity index (χ3n) is 2.38. The molecule has 1 aromatic carbocycles. The molecule has 1 rings (SSSR count). The number of primary amides is 1. The lowest BCUT2D eigenvalue weighted by Crippen LogP contribution is -2.40. The van der Waals surface area contributed by atoms with E-state index in [1.54, 1.807) is 6.92 Å². The van der Waals surface area contributed by atoms with E-state index in [0.29, 0.717) is 5.56 Å². The van der Waals surface area contributed by atoms with E-state index in [0.717, 1.165) is 0 Å². The molecular weight excluding hydrogens is 254 g/mol. The minimum atomic E-state index is -1.53. The molecule has 4 N–H and O–H groups in total. The van der Waals surface area contributed by atoms with Crippen molar-refractivity contribution in [3.63, 3.8) is 0 Å². The SMILES string of the molecule is Cc1ccc([N+](=O)[O-])c(C(=O)NCC(O)C(N)=O)c1. The molecule has 1 atom stereocenters. The highest BCUT2D eigenvalue weighted by Gasteiger charge is 2.21. The molecule has 0 saturated carbocycles. The molecule has 19 heavy (non-hydrogen) atoms. The molecule has 0 heterocycles. The molecule has 0 aromatic heterocycles. The van der Waals surface area contributed by atoms with Gasteiger partial charge in [0.2, 0.25) is 5.91 Å². The first-order valence-electron chi connectivity index (χ1n) is 5.33. The lowest BCUT2D eigenvalue weighted by molar-refractivity contribution is -0.385. The van der Waals surface area contributed by atoms with E-state index >= 15 is 0 Å². The molecule has 0 aliphatic rings. The Balaban J connectivity index is 2.90. The number of carbonyl (C=O) groups excluding carboxylic acids is 2. The maximum absolute atomic E-state index is 11.8. The van der Waals surface area contributed by atoms with Crippen molar-refractivity contribution in [3.05, 3.63) is 39.4 Å². The van der Waals surface area contributed by atoms with Gasteiger partial charge >= 0.3 is 0 Å². The molecule has 102 valence electrons. The quantitative estimate of drug-likeness (QED) is 0.487. The Morgan fingerprint density at radius 2 is 2.16 bits per heavy atom. The Bertz CT molecular complexity index is 529. The number of nitrogens with zero attached hydrogens (tertiary/aromatic N) is 1. The Kier molecular flexibility index (Phi) is 4.54. The topological polar surface area (TPSA) is 136 Å². The second-order valence-electron chi connectivity index (χ2n) is 3.91. The van der Waals surface area contributed by atoms with E-state index in [1.807, 2.05) is 0 Å². The van der Waals surface area contributed by atoms with Gasteiger partial charge in [0.15, 0.2) is 0 Å². The summed E-state index contributed by atoms with van der Waals surface area (Å²) in [5.41, 5.74) is 5.00. The molecule has 8 heteroatoms. The maximum Gasteiger partial charge on any atom is 0.282 e. The third kappa shape index (κ3) is 3.75. The van der Waals surface area contributed by atoms with Crippen molar-refractivity contribution in [2.75, 3.05) is 6.54 Å². The van der Waals surface area contributed by atoms with Crippen molar-refractivity contribution in [3.8, 4) is 0 Å². The first-order valence-corrected chi connectivity index (χ1v) is 5.33. The number of nitrogens with one attached hydrogen (secondary N) is 1. The lowest BCUT2D eigenvalue weighted by Gasteiger charge is -2.09. The summed E-state index contributed by atoms with van der Waals surface area (Å²) in [6, 6.07) is 4.08. The second kappa shape index (κ2) is 5.91. The highest BCUT2D eigenvalue weighted by molar-refractivity contribution is 5.98. The number of aliphatic hydroxyl groups excluding tert-OH is 1. The molecule has 1 aromatic rings. The van der Waals surface area contributed by atoms with Crippen LogP contribution in [0, 0.1) is 17.0 Å². The molecule has 1 unspecified atom stereocenters. The largest absolute Gasteiger partial charge is 0.381 e. The summed E-state index contributed by atoms with van der Waals surface area (Å²) < 4.78 is 0. The maximum atomic E-state index is 11.8. The summed E-state index contributed by atoms with van der Waals surface area (Å²) in [4.78, 5) is 32.5. The summed E-state index contributed by atoms with van der Waals surface area (Å²) in [6.45, 7) is 1.28. The zero-order valence-electron chi connectivity index (χ0n) is 10.1. The third-order valence-corrected chi connectivity index (χ3v) is 2.38. The van der Waals surface area contributed by atoms with E-state index in [4.69, 9.17) is 10.8 Å². The predicted molar refractivity (Wildman–Crippen MR) is 65.4 cm³/mol. The number of amides is 2. The van der Waals surface area contributed by atoms with Gasteiger partial charge in [-0.05, 0) is 18.6 Å². The van der Waals surface area contributed by atoms with Crippen LogP contribution in [-0.2, 0) is 4.79 Å². The molecular formula is C11H13N3O5. The average molecular weight is 267 g/mol. The van der Waals surface area contributed by atoms with Crippen LogP contribution < -0.4 is 11.1 Å². The van der Waals surface area contributed by atoms with Gasteiger partial charge in [-0.15, -0.1) is 0 Å². The van der Waals surface area contributed by atoms with Crippen LogP contribution in [0.4, 0.5) is 5.69 Å². The summed E-state index contributed by atoms with van der Waals surface area (Å²) >= 11 is 0. The molecule has 2 amide bonds. The second-order valence-corrected chi connectivity index (χ2v) is 3.91. The molecule has 0 aliphatic heterocycles. The standard InChI is InChI=1S/C11H13N3O5/c1-6-2-3-8(14(18)19)7(4-6)11(17)13-5-9(15)10(12)16/h2-4,9,15H,5H2,1H3,(H2,12,16)(H,13,17). The average Bonchev–Trinajstić information content (AvgIpc) is 2.34. The Morgan fingerprint density at radius 3 is 2.68 bits per heavy atom. The number of nitrogens with two attached hydrogens (primary N) is 1. The minimum absolute atomic E-state index is 0.137. The van der Waals surface area contributed by atoms with Gasteiger partial charge in [-0.25, -0.2) is 0 Å². The Morgan fingerprint density at radius 1 is 1.53 bits per heavy atom. The van der Waals surface area contributed by atoms with Crippen molar-refractivity contribution in [1.29, 1.82) is 0 Å². The van der Waals surface area contributed by atoms with Crippen LogP contribution in [0.5, 0.6) is 0 Å². The zero-order valence-corrected chi connectivity index (χ0v) is 10.1. The van der Waals surface area contributed by atoms with Crippen LogP contribution in [0.15, 0.2) is 18.2 Å². The van der Waals surface area contributed by atoms with Gasteiger partial charge in [-0.2, -0.15) is 0 Å². The number of benzene rings is 1. The summed E-state index contributed by atoms with van der Waals surface area (Å²) in [5, 5.41) is 22.1. The van der Waals surface area contributed by atoms with Crippen molar-refractivity contribution in [1.82, 2.24) is 5.32 Å². The number of aliphatic hydroxyl groups is 1. The Labute approximate surface area is 108 Å². The highest BCUT2D eigenvalue weighted by atomic mass is 16.6. The molecule has 0 bridgehead atoms. The van der Waals surface area contributed by atoms with Crippen molar-refractivity contribution in [2.45, 2.75) is 13.0 Å². The minimum Gasteiger partial charge on any atom is -0.381 e. The van der Waals surface area contributed by atoms with E-state index in [1.165, 1.54) is 18.2 Å². The van der Waals surface area contributed by atoms with Gasteiger partial charge in [-0.1, -0.05) is 6.07 Å². The van der Waals surface area contributed by atoms with Gasteiger partial charge in [0, 0.05) is 6.07 Å². The number of hydrogen-bond acceptors (Lipinski definition) is 5. The fraction of sp³-hybridized carbons (Fsp3) is 0.273. The first-order chi connectivity index (χ1) is 8.82.